The van der Waals surface area contributed by atoms with Gasteiger partial charge in [-0.05, 0) is 19.1 Å². The number of aliphatic hydroxyl groups excluding tert-OH is 1. The smallest absolute Gasteiger partial charge is 0.331 e. The van der Waals surface area contributed by atoms with Crippen molar-refractivity contribution in [2.45, 2.75) is 19.1 Å². The number of hydrogen-bond donors (Lipinski definition) is 3. The largest absolute Gasteiger partial charge is 0.507 e. The molecule has 0 bridgehead atoms. The van der Waals surface area contributed by atoms with Crippen LogP contribution in [0.3, 0.4) is 0 Å². The maximum absolute atomic E-state index is 11.8. The van der Waals surface area contributed by atoms with Crippen LogP contribution in [0.1, 0.15) is 17.3 Å². The second-order valence-corrected chi connectivity index (χ2v) is 3.73. The number of para-hydroxylation sites is 1. The Labute approximate surface area is 104 Å². The minimum absolute atomic E-state index is 0.0204. The van der Waals surface area contributed by atoms with E-state index in [0.29, 0.717) is 0 Å². The molecule has 0 aliphatic heterocycles. The maximum Gasteiger partial charge on any atom is 0.331 e. The van der Waals surface area contributed by atoms with E-state index in [0.717, 1.165) is 7.11 Å². The van der Waals surface area contributed by atoms with Crippen LogP contribution in [0.4, 0.5) is 0 Å². The van der Waals surface area contributed by atoms with Crippen LogP contribution in [0.25, 0.3) is 0 Å². The minimum atomic E-state index is -1.18. The fourth-order valence-electron chi connectivity index (χ4n) is 1.39. The van der Waals surface area contributed by atoms with E-state index in [-0.39, 0.29) is 11.3 Å². The van der Waals surface area contributed by atoms with Gasteiger partial charge in [-0.25, -0.2) is 4.79 Å². The number of rotatable bonds is 4. The summed E-state index contributed by atoms with van der Waals surface area (Å²) in [4.78, 5) is 23.2. The van der Waals surface area contributed by atoms with Crippen LogP contribution in [-0.4, -0.2) is 41.3 Å². The molecule has 0 saturated carbocycles. The van der Waals surface area contributed by atoms with Gasteiger partial charge in [-0.15, -0.1) is 0 Å². The van der Waals surface area contributed by atoms with Crippen LogP contribution in [-0.2, 0) is 9.53 Å². The lowest BCUT2D eigenvalue weighted by atomic mass is 10.1. The predicted octanol–water partition coefficient (Wildman–Crippen LogP) is 0.0444. The van der Waals surface area contributed by atoms with Crippen LogP contribution >= 0.6 is 0 Å². The first-order valence-electron chi connectivity index (χ1n) is 5.32. The molecule has 0 saturated heterocycles. The van der Waals surface area contributed by atoms with Gasteiger partial charge in [0.2, 0.25) is 0 Å². The van der Waals surface area contributed by atoms with E-state index in [1.807, 2.05) is 0 Å². The van der Waals surface area contributed by atoms with Crippen molar-refractivity contribution in [1.82, 2.24) is 5.32 Å². The molecule has 2 atom stereocenters. The van der Waals surface area contributed by atoms with E-state index in [2.05, 4.69) is 10.1 Å². The third kappa shape index (κ3) is 3.21. The molecule has 0 unspecified atom stereocenters. The summed E-state index contributed by atoms with van der Waals surface area (Å²) in [5.41, 5.74) is 0.0204. The average molecular weight is 253 g/mol. The van der Waals surface area contributed by atoms with Crippen LogP contribution < -0.4 is 5.32 Å². The van der Waals surface area contributed by atoms with Gasteiger partial charge in [0.05, 0.1) is 18.8 Å². The molecule has 0 aliphatic carbocycles. The fraction of sp³-hybridized carbons (Fsp3) is 0.333. The molecule has 6 heteroatoms. The molecule has 1 aromatic rings. The van der Waals surface area contributed by atoms with Gasteiger partial charge in [0, 0.05) is 0 Å². The van der Waals surface area contributed by atoms with Gasteiger partial charge >= 0.3 is 5.97 Å². The van der Waals surface area contributed by atoms with Crippen molar-refractivity contribution >= 4 is 11.9 Å². The van der Waals surface area contributed by atoms with E-state index in [1.54, 1.807) is 12.1 Å². The molecule has 3 N–H and O–H groups in total. The predicted molar refractivity (Wildman–Crippen MR) is 63.1 cm³/mol. The summed E-state index contributed by atoms with van der Waals surface area (Å²) in [6.45, 7) is 1.35. The van der Waals surface area contributed by atoms with Gasteiger partial charge in [0.1, 0.15) is 5.75 Å². The number of carbonyl (C=O) groups excluding carboxylic acids is 2. The number of phenolic OH excluding ortho intramolecular Hbond substituents is 1. The molecule has 0 aromatic heterocycles. The topological polar surface area (TPSA) is 95.9 Å². The number of carbonyl (C=O) groups is 2. The van der Waals surface area contributed by atoms with Gasteiger partial charge < -0.3 is 20.3 Å². The normalized spacial score (nSPS) is 13.5. The number of ether oxygens (including phenoxy) is 1. The number of methoxy groups -OCH3 is 1. The SMILES string of the molecule is COC(=O)[C@H](NC(=O)c1ccccc1O)[C@H](C)O. The molecule has 0 spiro atoms. The standard InChI is InChI=1S/C12H15NO5/c1-7(14)10(12(17)18-2)13-11(16)8-5-3-4-6-9(8)15/h3-7,10,14-15H,1-2H3,(H,13,16)/t7-,10+/m0/s1. The van der Waals surface area contributed by atoms with Crippen molar-refractivity contribution in [3.05, 3.63) is 29.8 Å². The van der Waals surface area contributed by atoms with Crippen LogP contribution in [0.2, 0.25) is 0 Å². The molecule has 98 valence electrons. The molecule has 0 fully saturated rings. The van der Waals surface area contributed by atoms with E-state index < -0.39 is 24.0 Å². The molecule has 0 aliphatic rings. The van der Waals surface area contributed by atoms with Crippen molar-refractivity contribution in [3.8, 4) is 5.75 Å². The summed E-state index contributed by atoms with van der Waals surface area (Å²) < 4.78 is 4.46. The number of aliphatic hydroxyl groups is 1. The number of amides is 1. The van der Waals surface area contributed by atoms with Crippen molar-refractivity contribution < 1.29 is 24.5 Å². The van der Waals surface area contributed by atoms with Crippen LogP contribution in [0.15, 0.2) is 24.3 Å². The number of aromatic hydroxyl groups is 1. The molecule has 18 heavy (non-hydrogen) atoms. The summed E-state index contributed by atoms with van der Waals surface area (Å²) in [6.07, 6.45) is -1.10. The Morgan fingerprint density at radius 2 is 1.94 bits per heavy atom. The Kier molecular flexibility index (Phi) is 4.67. The summed E-state index contributed by atoms with van der Waals surface area (Å²) in [5.74, 6) is -1.62. The monoisotopic (exact) mass is 253 g/mol. The number of phenols is 1. The van der Waals surface area contributed by atoms with Crippen molar-refractivity contribution in [2.75, 3.05) is 7.11 Å². The van der Waals surface area contributed by atoms with Gasteiger partial charge in [0.25, 0.3) is 5.91 Å². The number of esters is 1. The molecule has 0 radical (unpaired) electrons. The summed E-state index contributed by atoms with van der Waals surface area (Å²) in [6, 6.07) is 4.72. The highest BCUT2D eigenvalue weighted by atomic mass is 16.5. The van der Waals surface area contributed by atoms with E-state index in [1.165, 1.54) is 19.1 Å². The summed E-state index contributed by atoms with van der Waals surface area (Å²) in [5, 5.41) is 21.2. The number of hydrogen-bond acceptors (Lipinski definition) is 5. The second kappa shape index (κ2) is 6.02. The highest BCUT2D eigenvalue weighted by molar-refractivity contribution is 5.99. The molecular weight excluding hydrogens is 238 g/mol. The number of nitrogens with one attached hydrogen (secondary N) is 1. The lowest BCUT2D eigenvalue weighted by Crippen LogP contribution is -2.48. The quantitative estimate of drug-likeness (QED) is 0.659. The van der Waals surface area contributed by atoms with Crippen molar-refractivity contribution in [1.29, 1.82) is 0 Å². The van der Waals surface area contributed by atoms with E-state index in [4.69, 9.17) is 0 Å². The minimum Gasteiger partial charge on any atom is -0.507 e. The molecule has 6 nitrogen and oxygen atoms in total. The van der Waals surface area contributed by atoms with Crippen molar-refractivity contribution in [3.63, 3.8) is 0 Å². The van der Waals surface area contributed by atoms with E-state index in [9.17, 15) is 19.8 Å². The second-order valence-electron chi connectivity index (χ2n) is 3.73. The summed E-state index contributed by atoms with van der Waals surface area (Å²) in [7, 11) is 1.16. The first kappa shape index (κ1) is 14.0. The fourth-order valence-corrected chi connectivity index (χ4v) is 1.39. The van der Waals surface area contributed by atoms with Crippen molar-refractivity contribution in [2.24, 2.45) is 0 Å². The van der Waals surface area contributed by atoms with Gasteiger partial charge in [0.15, 0.2) is 6.04 Å². The first-order valence-corrected chi connectivity index (χ1v) is 5.32. The Morgan fingerprint density at radius 1 is 1.33 bits per heavy atom. The molecule has 1 amide bonds. The third-order valence-electron chi connectivity index (χ3n) is 2.37. The molecular formula is C12H15NO5. The average Bonchev–Trinajstić information content (AvgIpc) is 2.35. The highest BCUT2D eigenvalue weighted by Crippen LogP contribution is 2.15. The van der Waals surface area contributed by atoms with Gasteiger partial charge in [-0.1, -0.05) is 12.1 Å². The van der Waals surface area contributed by atoms with Crippen LogP contribution in [0.5, 0.6) is 5.75 Å². The molecule has 1 rings (SSSR count). The lowest BCUT2D eigenvalue weighted by Gasteiger charge is -2.19. The zero-order chi connectivity index (χ0) is 13.7. The Balaban J connectivity index is 2.86. The Morgan fingerprint density at radius 3 is 2.44 bits per heavy atom. The Bertz CT molecular complexity index is 444. The highest BCUT2D eigenvalue weighted by Gasteiger charge is 2.27. The zero-order valence-electron chi connectivity index (χ0n) is 10.1. The number of benzene rings is 1. The maximum atomic E-state index is 11.8. The zero-order valence-corrected chi connectivity index (χ0v) is 10.1. The Hall–Kier alpha value is -2.08. The van der Waals surface area contributed by atoms with Gasteiger partial charge in [-0.3, -0.25) is 4.79 Å². The molecule has 1 aromatic carbocycles. The summed E-state index contributed by atoms with van der Waals surface area (Å²) >= 11 is 0. The van der Waals surface area contributed by atoms with Gasteiger partial charge in [-0.2, -0.15) is 0 Å². The van der Waals surface area contributed by atoms with Crippen LogP contribution in [0, 0.1) is 0 Å². The first-order chi connectivity index (χ1) is 8.47. The third-order valence-corrected chi connectivity index (χ3v) is 2.37. The molecule has 0 heterocycles. The lowest BCUT2D eigenvalue weighted by molar-refractivity contribution is -0.145. The van der Waals surface area contributed by atoms with E-state index >= 15 is 0 Å².